The lowest BCUT2D eigenvalue weighted by Crippen LogP contribution is -2.60. The van der Waals surface area contributed by atoms with Crippen molar-refractivity contribution in [3.8, 4) is 5.75 Å². The van der Waals surface area contributed by atoms with Gasteiger partial charge in [0.25, 0.3) is 0 Å². The van der Waals surface area contributed by atoms with Gasteiger partial charge in [-0.05, 0) is 37.0 Å². The van der Waals surface area contributed by atoms with Gasteiger partial charge in [0.1, 0.15) is 36.0 Å². The van der Waals surface area contributed by atoms with Gasteiger partial charge >= 0.3 is 11.9 Å². The predicted molar refractivity (Wildman–Crippen MR) is 182 cm³/mol. The molecule has 2 aromatic rings. The summed E-state index contributed by atoms with van der Waals surface area (Å²) in [5.74, 6) is -8.77. The van der Waals surface area contributed by atoms with Crippen LogP contribution in [0.25, 0.3) is 0 Å². The fourth-order valence-corrected chi connectivity index (χ4v) is 5.62. The number of amides is 6. The van der Waals surface area contributed by atoms with Gasteiger partial charge in [0, 0.05) is 30.6 Å². The lowest BCUT2D eigenvalue weighted by molar-refractivity contribution is -0.146. The smallest absolute Gasteiger partial charge is 0.327 e. The number of benzene rings is 1. The number of primary amides is 1. The number of phenolic OH excluding ortho intramolecular Hbond substituents is 1. The minimum Gasteiger partial charge on any atom is -0.508 e. The van der Waals surface area contributed by atoms with Crippen LogP contribution in [0.5, 0.6) is 5.75 Å². The summed E-state index contributed by atoms with van der Waals surface area (Å²) >= 11 is 3.93. The molecule has 1 aliphatic heterocycles. The number of aromatic hydroxyl groups is 1. The van der Waals surface area contributed by atoms with Crippen molar-refractivity contribution in [2.24, 2.45) is 11.5 Å². The van der Waals surface area contributed by atoms with Crippen LogP contribution in [0.1, 0.15) is 36.9 Å². The first-order valence-electron chi connectivity index (χ1n) is 16.0. The zero-order valence-electron chi connectivity index (χ0n) is 27.7. The van der Waals surface area contributed by atoms with Crippen LogP contribution in [0.2, 0.25) is 0 Å². The number of likely N-dealkylation sites (tertiary alicyclic amines) is 1. The Balaban J connectivity index is 1.76. The second kappa shape index (κ2) is 19.1. The number of rotatable bonds is 19. The van der Waals surface area contributed by atoms with Crippen molar-refractivity contribution in [2.75, 3.05) is 12.3 Å². The first-order valence-corrected chi connectivity index (χ1v) is 16.6. The zero-order valence-corrected chi connectivity index (χ0v) is 28.6. The maximum absolute atomic E-state index is 13.8. The van der Waals surface area contributed by atoms with E-state index < -0.39 is 96.5 Å². The van der Waals surface area contributed by atoms with E-state index in [1.807, 2.05) is 0 Å². The largest absolute Gasteiger partial charge is 0.508 e. The highest BCUT2D eigenvalue weighted by atomic mass is 32.1. The van der Waals surface area contributed by atoms with Gasteiger partial charge in [0.05, 0.1) is 25.2 Å². The van der Waals surface area contributed by atoms with Gasteiger partial charge in [-0.15, -0.1) is 0 Å². The lowest BCUT2D eigenvalue weighted by atomic mass is 10.0. The van der Waals surface area contributed by atoms with Gasteiger partial charge < -0.3 is 57.9 Å². The van der Waals surface area contributed by atoms with Gasteiger partial charge in [-0.2, -0.15) is 12.6 Å². The van der Waals surface area contributed by atoms with E-state index in [4.69, 9.17) is 11.5 Å². The molecule has 3 rings (SSSR count). The van der Waals surface area contributed by atoms with Gasteiger partial charge in [0.2, 0.25) is 35.4 Å². The molecule has 2 heterocycles. The number of nitrogens with two attached hydrogens (primary N) is 2. The number of H-pyrrole nitrogens is 1. The van der Waals surface area contributed by atoms with Crippen molar-refractivity contribution in [3.63, 3.8) is 0 Å². The number of aliphatic carboxylic acids is 2. The predicted octanol–water partition coefficient (Wildman–Crippen LogP) is -3.48. The summed E-state index contributed by atoms with van der Waals surface area (Å²) in [6.07, 6.45) is 1.27. The molecule has 20 nitrogen and oxygen atoms in total. The van der Waals surface area contributed by atoms with Crippen LogP contribution < -0.4 is 32.7 Å². The molecule has 0 saturated carbocycles. The van der Waals surface area contributed by atoms with E-state index in [2.05, 4.69) is 43.9 Å². The maximum atomic E-state index is 13.8. The minimum absolute atomic E-state index is 0.0104. The molecule has 6 atom stereocenters. The Hall–Kier alpha value is -5.70. The number of carboxylic acids is 2. The molecule has 0 radical (unpaired) electrons. The van der Waals surface area contributed by atoms with E-state index >= 15 is 0 Å². The molecule has 1 fully saturated rings. The Morgan fingerprint density at radius 1 is 0.885 bits per heavy atom. The molecule has 12 N–H and O–H groups in total. The van der Waals surface area contributed by atoms with E-state index in [9.17, 15) is 53.7 Å². The van der Waals surface area contributed by atoms with Crippen LogP contribution in [0, 0.1) is 0 Å². The number of nitrogens with one attached hydrogen (secondary N) is 5. The van der Waals surface area contributed by atoms with Gasteiger partial charge in [-0.25, -0.2) is 9.78 Å². The summed E-state index contributed by atoms with van der Waals surface area (Å²) in [4.78, 5) is 109. The summed E-state index contributed by atoms with van der Waals surface area (Å²) in [6, 6.07) is -2.77. The number of carboxylic acid groups (broad SMARTS) is 2. The second-order valence-corrected chi connectivity index (χ2v) is 12.3. The zero-order chi connectivity index (χ0) is 38.5. The van der Waals surface area contributed by atoms with E-state index in [0.717, 1.165) is 4.90 Å². The van der Waals surface area contributed by atoms with E-state index in [-0.39, 0.29) is 43.7 Å². The number of hydrogen-bond acceptors (Lipinski definition) is 12. The SMILES string of the molecule is NC(=O)C[C@H](NC(=O)[C@@H](N)Cc1ccc(O)cc1)C(=O)N[C@@H](CC(=O)O)C(=O)N1CCC[C@H]1C(=O)N[C@@H](Cc1cnc[nH]1)C(=O)N[C@@H](CS)C(=O)O. The third-order valence-electron chi connectivity index (χ3n) is 8.01. The van der Waals surface area contributed by atoms with E-state index in [1.165, 1.54) is 36.8 Å². The second-order valence-electron chi connectivity index (χ2n) is 12.0. The van der Waals surface area contributed by atoms with Crippen LogP contribution in [0.15, 0.2) is 36.8 Å². The average Bonchev–Trinajstić information content (AvgIpc) is 3.79. The summed E-state index contributed by atoms with van der Waals surface area (Å²) in [5, 5.41) is 37.8. The normalized spacial score (nSPS) is 16.7. The summed E-state index contributed by atoms with van der Waals surface area (Å²) in [5.41, 5.74) is 12.3. The molecule has 0 bridgehead atoms. The van der Waals surface area contributed by atoms with Gasteiger partial charge in [-0.3, -0.25) is 33.6 Å². The fraction of sp³-hybridized carbons (Fsp3) is 0.452. The highest BCUT2D eigenvalue weighted by Crippen LogP contribution is 2.20. The van der Waals surface area contributed by atoms with Gasteiger partial charge in [0.15, 0.2) is 0 Å². The highest BCUT2D eigenvalue weighted by molar-refractivity contribution is 7.80. The molecular formula is C31H41N9O11S. The number of hydrogen-bond donors (Lipinski definition) is 11. The minimum atomic E-state index is -1.77. The Morgan fingerprint density at radius 3 is 2.10 bits per heavy atom. The first kappa shape index (κ1) is 40.7. The Kier molecular flexibility index (Phi) is 14.9. The molecular weight excluding hydrogens is 706 g/mol. The van der Waals surface area contributed by atoms with Crippen LogP contribution in [0.3, 0.4) is 0 Å². The van der Waals surface area contributed by atoms with Crippen LogP contribution in [0.4, 0.5) is 0 Å². The van der Waals surface area contributed by atoms with Crippen molar-refractivity contribution >= 4 is 60.0 Å². The quantitative estimate of drug-likeness (QED) is 0.0623. The van der Waals surface area contributed by atoms with Crippen LogP contribution >= 0.6 is 12.6 Å². The van der Waals surface area contributed by atoms with E-state index in [1.54, 1.807) is 0 Å². The molecule has 1 saturated heterocycles. The van der Waals surface area contributed by atoms with Crippen LogP contribution in [-0.4, -0.2) is 126 Å². The van der Waals surface area contributed by atoms with Crippen LogP contribution in [-0.2, 0) is 51.2 Å². The number of aromatic nitrogens is 2. The number of aromatic amines is 1. The molecule has 1 aromatic heterocycles. The molecule has 282 valence electrons. The maximum Gasteiger partial charge on any atom is 0.327 e. The third-order valence-corrected chi connectivity index (χ3v) is 8.37. The standard InChI is InChI=1S/C31H41N9O11S/c32-18(8-15-3-5-17(41)6-4-15)26(45)36-20(10-24(33)42)28(47)38-21(11-25(43)44)30(49)40-7-1-2-23(40)29(48)37-19(9-16-12-34-14-35-16)27(46)39-22(13-52)31(50)51/h3-6,12,14,18-23,41,52H,1-2,7-11,13,32H2,(H2,33,42)(H,34,35)(H,36,45)(H,37,48)(H,38,47)(H,39,46)(H,43,44)(H,50,51)/t18-,19-,20-,21-,22-,23-/m0/s1. The lowest BCUT2D eigenvalue weighted by Gasteiger charge is -2.30. The van der Waals surface area contributed by atoms with Crippen molar-refractivity contribution in [1.82, 2.24) is 36.1 Å². The monoisotopic (exact) mass is 747 g/mol. The Morgan fingerprint density at radius 2 is 1.52 bits per heavy atom. The molecule has 1 aromatic carbocycles. The Bertz CT molecular complexity index is 1620. The molecule has 0 spiro atoms. The molecule has 6 amide bonds. The highest BCUT2D eigenvalue weighted by Gasteiger charge is 2.40. The first-order chi connectivity index (χ1) is 24.6. The molecule has 21 heteroatoms. The van der Waals surface area contributed by atoms with Crippen molar-refractivity contribution < 1.29 is 53.7 Å². The Labute approximate surface area is 301 Å². The van der Waals surface area contributed by atoms with Crippen molar-refractivity contribution in [1.29, 1.82) is 0 Å². The molecule has 0 unspecified atom stereocenters. The number of carbonyl (C=O) groups is 8. The topological polar surface area (TPSA) is 329 Å². The van der Waals surface area contributed by atoms with Crippen molar-refractivity contribution in [3.05, 3.63) is 48.0 Å². The number of thiol groups is 1. The number of phenols is 1. The number of carbonyl (C=O) groups excluding carboxylic acids is 6. The van der Waals surface area contributed by atoms with Crippen molar-refractivity contribution in [2.45, 2.75) is 74.8 Å². The molecule has 0 aliphatic carbocycles. The summed E-state index contributed by atoms with van der Waals surface area (Å²) in [6.45, 7) is -0.0331. The molecule has 52 heavy (non-hydrogen) atoms. The summed E-state index contributed by atoms with van der Waals surface area (Å²) < 4.78 is 0. The fourth-order valence-electron chi connectivity index (χ4n) is 5.37. The third kappa shape index (κ3) is 12.0. The van der Waals surface area contributed by atoms with E-state index in [0.29, 0.717) is 11.3 Å². The molecule has 1 aliphatic rings. The number of nitrogens with zero attached hydrogens (tertiary/aromatic N) is 2. The average molecular weight is 748 g/mol. The summed E-state index contributed by atoms with van der Waals surface area (Å²) in [7, 11) is 0. The number of imidazole rings is 1. The van der Waals surface area contributed by atoms with Gasteiger partial charge in [-0.1, -0.05) is 12.1 Å².